The van der Waals surface area contributed by atoms with Gasteiger partial charge in [0.2, 0.25) is 12.3 Å². The molecule has 1 aromatic carbocycles. The molecule has 1 fully saturated rings. The second-order valence-electron chi connectivity index (χ2n) is 8.33. The third-order valence-electron chi connectivity index (χ3n) is 5.93. The molecule has 4 N–H and O–H groups in total. The Morgan fingerprint density at radius 2 is 2.20 bits per heavy atom. The first-order chi connectivity index (χ1) is 17.0. The maximum atomic E-state index is 14.9. The molecule has 35 heavy (non-hydrogen) atoms. The van der Waals surface area contributed by atoms with E-state index in [1.807, 2.05) is 18.2 Å². The van der Waals surface area contributed by atoms with E-state index >= 15 is 0 Å². The Morgan fingerprint density at radius 3 is 2.89 bits per heavy atom. The van der Waals surface area contributed by atoms with Gasteiger partial charge in [-0.2, -0.15) is 0 Å². The second-order valence-corrected chi connectivity index (χ2v) is 8.33. The van der Waals surface area contributed by atoms with Crippen molar-refractivity contribution >= 4 is 29.7 Å². The predicted molar refractivity (Wildman–Crippen MR) is 127 cm³/mol. The van der Waals surface area contributed by atoms with Crippen molar-refractivity contribution in [3.8, 4) is 0 Å². The molecule has 3 amide bonds. The van der Waals surface area contributed by atoms with Crippen molar-refractivity contribution < 1.29 is 23.5 Å². The van der Waals surface area contributed by atoms with Crippen LogP contribution in [0.1, 0.15) is 23.6 Å². The lowest BCUT2D eigenvalue weighted by Gasteiger charge is -2.19. The van der Waals surface area contributed by atoms with Gasteiger partial charge in [0.15, 0.2) is 0 Å². The van der Waals surface area contributed by atoms with Crippen LogP contribution in [0.2, 0.25) is 0 Å². The van der Waals surface area contributed by atoms with Gasteiger partial charge in [0.25, 0.3) is 0 Å². The summed E-state index contributed by atoms with van der Waals surface area (Å²) in [7, 11) is 0. The molecule has 2 aromatic rings. The molecule has 0 radical (unpaired) electrons. The van der Waals surface area contributed by atoms with Gasteiger partial charge in [-0.15, -0.1) is 0 Å². The number of carbonyl (C=O) groups is 3. The van der Waals surface area contributed by atoms with Crippen molar-refractivity contribution in [2.45, 2.75) is 18.6 Å². The van der Waals surface area contributed by atoms with Crippen molar-refractivity contribution in [3.63, 3.8) is 0 Å². The highest BCUT2D eigenvalue weighted by atomic mass is 19.1. The Hall–Kier alpha value is -4.05. The zero-order valence-electron chi connectivity index (χ0n) is 18.9. The Bertz CT molecular complexity index is 1150. The molecule has 9 nitrogen and oxygen atoms in total. The van der Waals surface area contributed by atoms with Crippen LogP contribution in [0, 0.1) is 11.7 Å². The molecule has 1 saturated heterocycles. The third-order valence-corrected chi connectivity index (χ3v) is 5.93. The molecule has 182 valence electrons. The number of aromatic nitrogens is 1. The zero-order chi connectivity index (χ0) is 24.8. The fraction of sp³-hybridized carbons (Fsp3) is 0.280. The molecule has 1 aromatic heterocycles. The average Bonchev–Trinajstić information content (AvgIpc) is 3.26. The standard InChI is InChI=1S/C25H26FN5O4/c26-22-10-19(31-14-20(13-29-15-32)35-25(31)34)7-8-21(22)17-5-3-16(4-6-17)11-30-24(33)23(27)18-2-1-9-28-12-18/h1-3,5-10,12,15-16,20,23H,4,11,13-14,27H2,(H,29,32)(H,30,33)/t16?,20-,23?/m0/s1. The molecule has 4 rings (SSSR count). The summed E-state index contributed by atoms with van der Waals surface area (Å²) in [5.41, 5.74) is 8.15. The van der Waals surface area contributed by atoms with Crippen LogP contribution in [-0.2, 0) is 14.3 Å². The van der Waals surface area contributed by atoms with Crippen molar-refractivity contribution in [2.75, 3.05) is 24.5 Å². The monoisotopic (exact) mass is 479 g/mol. The highest BCUT2D eigenvalue weighted by Crippen LogP contribution is 2.30. The van der Waals surface area contributed by atoms with Gasteiger partial charge in [0.1, 0.15) is 18.0 Å². The topological polar surface area (TPSA) is 127 Å². The number of nitrogens with two attached hydrogens (primary N) is 1. The fourth-order valence-electron chi connectivity index (χ4n) is 3.99. The first-order valence-electron chi connectivity index (χ1n) is 11.2. The van der Waals surface area contributed by atoms with E-state index in [9.17, 15) is 18.8 Å². The molecule has 1 aliphatic heterocycles. The van der Waals surface area contributed by atoms with Crippen LogP contribution in [-0.4, -0.2) is 49.1 Å². The number of anilines is 1. The van der Waals surface area contributed by atoms with E-state index in [-0.39, 0.29) is 24.9 Å². The van der Waals surface area contributed by atoms with Gasteiger partial charge in [0, 0.05) is 24.5 Å². The van der Waals surface area contributed by atoms with Crippen molar-refractivity contribution in [1.82, 2.24) is 15.6 Å². The summed E-state index contributed by atoms with van der Waals surface area (Å²) in [5.74, 6) is -0.690. The number of benzene rings is 1. The van der Waals surface area contributed by atoms with Gasteiger partial charge in [-0.3, -0.25) is 19.5 Å². The molecule has 10 heteroatoms. The summed E-state index contributed by atoms with van der Waals surface area (Å²) in [6.45, 7) is 0.825. The van der Waals surface area contributed by atoms with E-state index in [0.717, 1.165) is 5.57 Å². The highest BCUT2D eigenvalue weighted by molar-refractivity contribution is 5.90. The number of amides is 3. The number of rotatable bonds is 9. The van der Waals surface area contributed by atoms with E-state index in [2.05, 4.69) is 15.6 Å². The average molecular weight is 480 g/mol. The SMILES string of the molecule is NC(C(=O)NCC1C=CC(c2ccc(N3C[C@H](CNC=O)OC3=O)cc2F)=CC1)c1cccnc1. The number of hydrogen-bond acceptors (Lipinski definition) is 6. The van der Waals surface area contributed by atoms with Crippen LogP contribution in [0.4, 0.5) is 14.9 Å². The molecule has 1 aliphatic carbocycles. The summed E-state index contributed by atoms with van der Waals surface area (Å²) in [4.78, 5) is 40.2. The number of nitrogens with one attached hydrogen (secondary N) is 2. The summed E-state index contributed by atoms with van der Waals surface area (Å²) < 4.78 is 20.1. The van der Waals surface area contributed by atoms with Crippen LogP contribution in [0.5, 0.6) is 0 Å². The van der Waals surface area contributed by atoms with E-state index in [4.69, 9.17) is 10.5 Å². The largest absolute Gasteiger partial charge is 0.442 e. The van der Waals surface area contributed by atoms with E-state index in [0.29, 0.717) is 36.2 Å². The van der Waals surface area contributed by atoms with E-state index in [1.54, 1.807) is 36.7 Å². The highest BCUT2D eigenvalue weighted by Gasteiger charge is 2.32. The normalized spacial score (nSPS) is 20.1. The summed E-state index contributed by atoms with van der Waals surface area (Å²) >= 11 is 0. The van der Waals surface area contributed by atoms with Crippen LogP contribution < -0.4 is 21.3 Å². The number of ether oxygens (including phenoxy) is 1. The zero-order valence-corrected chi connectivity index (χ0v) is 18.9. The summed E-state index contributed by atoms with van der Waals surface area (Å²) in [5, 5.41) is 5.33. The van der Waals surface area contributed by atoms with E-state index < -0.39 is 24.1 Å². The minimum Gasteiger partial charge on any atom is -0.442 e. The number of cyclic esters (lactones) is 1. The molecule has 0 saturated carbocycles. The smallest absolute Gasteiger partial charge is 0.414 e. The molecule has 0 spiro atoms. The number of nitrogens with zero attached hydrogens (tertiary/aromatic N) is 2. The lowest BCUT2D eigenvalue weighted by molar-refractivity contribution is -0.122. The quantitative estimate of drug-likeness (QED) is 0.473. The van der Waals surface area contributed by atoms with Gasteiger partial charge in [-0.1, -0.05) is 24.3 Å². The lowest BCUT2D eigenvalue weighted by Crippen LogP contribution is -2.36. The summed E-state index contributed by atoms with van der Waals surface area (Å²) in [6.07, 6.45) is 8.94. The van der Waals surface area contributed by atoms with Crippen LogP contribution in [0.15, 0.2) is 61.0 Å². The van der Waals surface area contributed by atoms with E-state index in [1.165, 1.54) is 11.0 Å². The maximum absolute atomic E-state index is 14.9. The number of carbonyl (C=O) groups excluding carboxylic acids is 3. The van der Waals surface area contributed by atoms with Gasteiger partial charge in [0.05, 0.1) is 18.8 Å². The molecule has 2 aliphatic rings. The van der Waals surface area contributed by atoms with Crippen LogP contribution in [0.25, 0.3) is 5.57 Å². The Kier molecular flexibility index (Phi) is 7.51. The third kappa shape index (κ3) is 5.72. The maximum Gasteiger partial charge on any atom is 0.414 e. The second kappa shape index (κ2) is 10.9. The predicted octanol–water partition coefficient (Wildman–Crippen LogP) is 2.07. The fourth-order valence-corrected chi connectivity index (χ4v) is 3.99. The minimum absolute atomic E-state index is 0.0578. The molecule has 3 atom stereocenters. The number of halogens is 1. The molecule has 0 bridgehead atoms. The van der Waals surface area contributed by atoms with Crippen molar-refractivity contribution in [3.05, 3.63) is 77.9 Å². The molecular weight excluding hydrogens is 453 g/mol. The first kappa shape index (κ1) is 24.1. The number of allylic oxidation sites excluding steroid dienone is 3. The number of hydrogen-bond donors (Lipinski definition) is 3. The Labute approximate surface area is 201 Å². The van der Waals surface area contributed by atoms with Crippen LogP contribution in [0.3, 0.4) is 0 Å². The molecule has 2 heterocycles. The van der Waals surface area contributed by atoms with Gasteiger partial charge < -0.3 is 21.1 Å². The Balaban J connectivity index is 1.32. The van der Waals surface area contributed by atoms with Gasteiger partial charge in [-0.25, -0.2) is 9.18 Å². The van der Waals surface area contributed by atoms with Gasteiger partial charge >= 0.3 is 6.09 Å². The van der Waals surface area contributed by atoms with Crippen LogP contribution >= 0.6 is 0 Å². The van der Waals surface area contributed by atoms with Gasteiger partial charge in [-0.05, 0) is 47.7 Å². The molecular formula is C25H26FN5O4. The number of pyridine rings is 1. The lowest BCUT2D eigenvalue weighted by atomic mass is 9.92. The minimum atomic E-state index is -0.792. The summed E-state index contributed by atoms with van der Waals surface area (Å²) in [6, 6.07) is 7.27. The van der Waals surface area contributed by atoms with Crippen molar-refractivity contribution in [1.29, 1.82) is 0 Å². The van der Waals surface area contributed by atoms with Crippen molar-refractivity contribution in [2.24, 2.45) is 11.7 Å². The Morgan fingerprint density at radius 1 is 1.34 bits per heavy atom. The molecule has 2 unspecified atom stereocenters. The first-order valence-corrected chi connectivity index (χ1v) is 11.2.